The van der Waals surface area contributed by atoms with E-state index in [0.717, 1.165) is 55.4 Å². The summed E-state index contributed by atoms with van der Waals surface area (Å²) in [6.07, 6.45) is 0. The van der Waals surface area contributed by atoms with Crippen LogP contribution in [0.3, 0.4) is 0 Å². The van der Waals surface area contributed by atoms with Gasteiger partial charge in [-0.05, 0) is 67.6 Å². The minimum absolute atomic E-state index is 0.848. The lowest BCUT2D eigenvalue weighted by atomic mass is 9.86. The number of hydrogen-bond acceptors (Lipinski definition) is 2. The number of furan rings is 2. The van der Waals surface area contributed by atoms with E-state index in [1.54, 1.807) is 0 Å². The zero-order valence-corrected chi connectivity index (χ0v) is 26.0. The van der Waals surface area contributed by atoms with Crippen molar-refractivity contribution in [2.75, 3.05) is 0 Å². The first kappa shape index (κ1) is 26.8. The maximum Gasteiger partial charge on any atom is 0.143 e. The number of rotatable bonds is 4. The Morgan fingerprint density at radius 2 is 0.667 bits per heavy atom. The molecule has 2 heterocycles. The Balaban J connectivity index is 1.21. The number of para-hydroxylation sites is 1. The smallest absolute Gasteiger partial charge is 0.143 e. The van der Waals surface area contributed by atoms with Gasteiger partial charge in [-0.1, -0.05) is 152 Å². The van der Waals surface area contributed by atoms with Crippen LogP contribution in [-0.4, -0.2) is 0 Å². The molecule has 2 nitrogen and oxygen atoms in total. The number of fused-ring (bicyclic) bond motifs is 7. The molecule has 0 aliphatic heterocycles. The Morgan fingerprint density at radius 1 is 0.250 bits per heavy atom. The summed E-state index contributed by atoms with van der Waals surface area (Å²) in [6, 6.07) is 60.1. The van der Waals surface area contributed by atoms with Crippen molar-refractivity contribution in [3.8, 4) is 44.7 Å². The Hall–Kier alpha value is -6.38. The van der Waals surface area contributed by atoms with Gasteiger partial charge in [0.1, 0.15) is 22.5 Å². The highest BCUT2D eigenvalue weighted by molar-refractivity contribution is 6.24. The molecular formula is C46H28O2. The molecule has 0 atom stereocenters. The van der Waals surface area contributed by atoms with E-state index in [9.17, 15) is 0 Å². The van der Waals surface area contributed by atoms with Crippen molar-refractivity contribution in [1.82, 2.24) is 0 Å². The van der Waals surface area contributed by atoms with Crippen LogP contribution in [0.25, 0.3) is 99.2 Å². The molecule has 2 heteroatoms. The minimum atomic E-state index is 0.848. The molecule has 2 aromatic heterocycles. The van der Waals surface area contributed by atoms with Crippen LogP contribution in [-0.2, 0) is 0 Å². The summed E-state index contributed by atoms with van der Waals surface area (Å²) in [5, 5.41) is 8.25. The molecule has 10 aromatic rings. The van der Waals surface area contributed by atoms with Gasteiger partial charge in [-0.3, -0.25) is 0 Å². The van der Waals surface area contributed by atoms with Gasteiger partial charge in [0.2, 0.25) is 0 Å². The number of hydrogen-bond donors (Lipinski definition) is 0. The van der Waals surface area contributed by atoms with Gasteiger partial charge in [0.15, 0.2) is 0 Å². The molecule has 224 valence electrons. The van der Waals surface area contributed by atoms with Crippen molar-refractivity contribution >= 4 is 54.5 Å². The van der Waals surface area contributed by atoms with Crippen molar-refractivity contribution in [2.45, 2.75) is 0 Å². The summed E-state index contributed by atoms with van der Waals surface area (Å²) in [6.45, 7) is 0. The lowest BCUT2D eigenvalue weighted by Gasteiger charge is -2.17. The van der Waals surface area contributed by atoms with E-state index >= 15 is 0 Å². The summed E-state index contributed by atoms with van der Waals surface area (Å²) in [5.41, 5.74) is 10.7. The summed E-state index contributed by atoms with van der Waals surface area (Å²) in [4.78, 5) is 0. The van der Waals surface area contributed by atoms with Gasteiger partial charge in [0.05, 0.1) is 0 Å². The van der Waals surface area contributed by atoms with Crippen LogP contribution in [0.4, 0.5) is 0 Å². The second-order valence-electron chi connectivity index (χ2n) is 12.4. The molecule has 0 unspecified atom stereocenters. The predicted molar refractivity (Wildman–Crippen MR) is 200 cm³/mol. The van der Waals surface area contributed by atoms with E-state index in [-0.39, 0.29) is 0 Å². The Labute approximate surface area is 277 Å². The van der Waals surface area contributed by atoms with Crippen molar-refractivity contribution in [2.24, 2.45) is 0 Å². The van der Waals surface area contributed by atoms with Crippen molar-refractivity contribution in [1.29, 1.82) is 0 Å². The average Bonchev–Trinajstić information content (AvgIpc) is 3.73. The Kier molecular flexibility index (Phi) is 5.91. The van der Waals surface area contributed by atoms with Crippen molar-refractivity contribution < 1.29 is 8.83 Å². The molecule has 48 heavy (non-hydrogen) atoms. The molecule has 0 spiro atoms. The van der Waals surface area contributed by atoms with Gasteiger partial charge >= 0.3 is 0 Å². The normalized spacial score (nSPS) is 11.8. The molecule has 8 aromatic carbocycles. The number of benzene rings is 8. The van der Waals surface area contributed by atoms with Gasteiger partial charge in [-0.25, -0.2) is 0 Å². The van der Waals surface area contributed by atoms with E-state index < -0.39 is 0 Å². The van der Waals surface area contributed by atoms with Gasteiger partial charge < -0.3 is 8.83 Å². The molecule has 0 aliphatic carbocycles. The standard InChI is InChI=1S/C46H28O2/c1-3-13-29(14-4-1)41-33-17-7-9-19-35(33)42(36-20-10-8-18-34(36)41)31-23-25-32(26-24-31)46-43(30-15-5-2-6-16-30)45-40(48-46)28-27-39-44(45)37-21-11-12-22-38(37)47-39/h1-28H. The van der Waals surface area contributed by atoms with E-state index in [2.05, 4.69) is 146 Å². The van der Waals surface area contributed by atoms with Crippen LogP contribution in [0, 0.1) is 0 Å². The van der Waals surface area contributed by atoms with Crippen LogP contribution < -0.4 is 0 Å². The van der Waals surface area contributed by atoms with Crippen molar-refractivity contribution in [3.05, 3.63) is 170 Å². The first-order valence-corrected chi connectivity index (χ1v) is 16.4. The topological polar surface area (TPSA) is 26.3 Å². The average molecular weight is 613 g/mol. The molecule has 0 amide bonds. The third kappa shape index (κ3) is 4.00. The van der Waals surface area contributed by atoms with Crippen LogP contribution in [0.2, 0.25) is 0 Å². The van der Waals surface area contributed by atoms with E-state index in [1.807, 2.05) is 24.3 Å². The molecule has 0 bridgehead atoms. The molecule has 0 saturated heterocycles. The second-order valence-corrected chi connectivity index (χ2v) is 12.4. The van der Waals surface area contributed by atoms with Crippen LogP contribution in [0.5, 0.6) is 0 Å². The predicted octanol–water partition coefficient (Wildman–Crippen LogP) is 13.3. The van der Waals surface area contributed by atoms with E-state index in [1.165, 1.54) is 43.8 Å². The van der Waals surface area contributed by atoms with Gasteiger partial charge in [0.25, 0.3) is 0 Å². The Morgan fingerprint density at radius 3 is 1.23 bits per heavy atom. The van der Waals surface area contributed by atoms with E-state index in [0.29, 0.717) is 0 Å². The van der Waals surface area contributed by atoms with Crippen LogP contribution in [0.1, 0.15) is 0 Å². The molecule has 0 aliphatic rings. The molecule has 10 rings (SSSR count). The highest BCUT2D eigenvalue weighted by atomic mass is 16.3. The lowest BCUT2D eigenvalue weighted by Crippen LogP contribution is -1.90. The molecule has 0 fully saturated rings. The van der Waals surface area contributed by atoms with Crippen LogP contribution >= 0.6 is 0 Å². The first-order chi connectivity index (χ1) is 23.8. The van der Waals surface area contributed by atoms with Crippen LogP contribution in [0.15, 0.2) is 179 Å². The lowest BCUT2D eigenvalue weighted by molar-refractivity contribution is 0.632. The molecule has 0 saturated carbocycles. The van der Waals surface area contributed by atoms with Gasteiger partial charge in [0, 0.05) is 27.3 Å². The summed E-state index contributed by atoms with van der Waals surface area (Å²) in [5.74, 6) is 0.856. The summed E-state index contributed by atoms with van der Waals surface area (Å²) in [7, 11) is 0. The quantitative estimate of drug-likeness (QED) is 0.185. The fraction of sp³-hybridized carbons (Fsp3) is 0. The fourth-order valence-corrected chi connectivity index (χ4v) is 7.63. The monoisotopic (exact) mass is 612 g/mol. The maximum atomic E-state index is 6.78. The highest BCUT2D eigenvalue weighted by Gasteiger charge is 2.23. The van der Waals surface area contributed by atoms with Crippen molar-refractivity contribution in [3.63, 3.8) is 0 Å². The Bertz CT molecular complexity index is 2750. The first-order valence-electron chi connectivity index (χ1n) is 16.4. The summed E-state index contributed by atoms with van der Waals surface area (Å²) < 4.78 is 13.1. The van der Waals surface area contributed by atoms with Gasteiger partial charge in [-0.15, -0.1) is 0 Å². The van der Waals surface area contributed by atoms with E-state index in [4.69, 9.17) is 8.83 Å². The second kappa shape index (κ2) is 10.6. The third-order valence-electron chi connectivity index (χ3n) is 9.69. The largest absolute Gasteiger partial charge is 0.456 e. The SMILES string of the molecule is c1ccc(-c2c3ccccc3c(-c3ccc(-c4oc5ccc6oc7ccccc7c6c5c4-c4ccccc4)cc3)c3ccccc23)cc1. The highest BCUT2D eigenvalue weighted by Crippen LogP contribution is 2.48. The fourth-order valence-electron chi connectivity index (χ4n) is 7.63. The third-order valence-corrected chi connectivity index (χ3v) is 9.69. The maximum absolute atomic E-state index is 6.78. The zero-order valence-electron chi connectivity index (χ0n) is 26.0. The molecular weight excluding hydrogens is 585 g/mol. The molecule has 0 N–H and O–H groups in total. The van der Waals surface area contributed by atoms with Gasteiger partial charge in [-0.2, -0.15) is 0 Å². The zero-order chi connectivity index (χ0) is 31.6. The molecule has 0 radical (unpaired) electrons. The minimum Gasteiger partial charge on any atom is -0.456 e. The summed E-state index contributed by atoms with van der Waals surface area (Å²) >= 11 is 0.